The van der Waals surface area contributed by atoms with Gasteiger partial charge in [0.25, 0.3) is 0 Å². The molecule has 0 saturated heterocycles. The number of rotatable bonds is 4. The average Bonchev–Trinajstić information content (AvgIpc) is 2.33. The van der Waals surface area contributed by atoms with E-state index in [0.717, 1.165) is 21.0 Å². The molecule has 0 spiro atoms. The molecule has 0 fully saturated rings. The third kappa shape index (κ3) is 2.55. The van der Waals surface area contributed by atoms with Crippen molar-refractivity contribution in [2.24, 2.45) is 0 Å². The van der Waals surface area contributed by atoms with Crippen molar-refractivity contribution in [1.29, 1.82) is 0 Å². The van der Waals surface area contributed by atoms with E-state index in [1.165, 1.54) is 6.92 Å². The molecule has 8 heteroatoms. The Labute approximate surface area is 109 Å². The quantitative estimate of drug-likeness (QED) is 0.799. The highest BCUT2D eigenvalue weighted by Gasteiger charge is 2.33. The number of sulfonamides is 1. The number of benzene rings is 1. The maximum atomic E-state index is 13.9. The zero-order valence-electron chi connectivity index (χ0n) is 10.9. The summed E-state index contributed by atoms with van der Waals surface area (Å²) in [6.07, 6.45) is 0. The van der Waals surface area contributed by atoms with Crippen LogP contribution in [0.4, 0.5) is 13.2 Å². The summed E-state index contributed by atoms with van der Waals surface area (Å²) in [5, 5.41) is 0. The summed E-state index contributed by atoms with van der Waals surface area (Å²) in [7, 11) is -2.12. The first-order valence-corrected chi connectivity index (χ1v) is 6.82. The van der Waals surface area contributed by atoms with Crippen LogP contribution in [-0.2, 0) is 10.0 Å². The van der Waals surface area contributed by atoms with Gasteiger partial charge in [-0.25, -0.2) is 25.9 Å². The van der Waals surface area contributed by atoms with Crippen LogP contribution in [0.3, 0.4) is 0 Å². The van der Waals surface area contributed by atoms with Gasteiger partial charge in [0.15, 0.2) is 28.1 Å². The molecule has 0 saturated carbocycles. The Bertz CT molecular complexity index is 600. The van der Waals surface area contributed by atoms with Crippen molar-refractivity contribution in [2.75, 3.05) is 20.7 Å². The molecule has 0 amide bonds. The highest BCUT2D eigenvalue weighted by atomic mass is 32.2. The van der Waals surface area contributed by atoms with Gasteiger partial charge < -0.3 is 4.74 Å². The van der Waals surface area contributed by atoms with E-state index >= 15 is 0 Å². The third-order valence-corrected chi connectivity index (χ3v) is 4.33. The van der Waals surface area contributed by atoms with Crippen LogP contribution in [0.5, 0.6) is 5.75 Å². The molecule has 0 aromatic heterocycles. The fourth-order valence-electron chi connectivity index (χ4n) is 1.42. The minimum absolute atomic E-state index is 0.0859. The molecule has 0 N–H and O–H groups in total. The second-order valence-corrected chi connectivity index (χ2v) is 6.03. The van der Waals surface area contributed by atoms with Gasteiger partial charge in [-0.05, 0) is 13.8 Å². The Morgan fingerprint density at radius 2 is 1.63 bits per heavy atom. The van der Waals surface area contributed by atoms with E-state index in [4.69, 9.17) is 4.74 Å². The van der Waals surface area contributed by atoms with Crippen LogP contribution in [0, 0.1) is 24.4 Å². The first-order chi connectivity index (χ1) is 8.66. The summed E-state index contributed by atoms with van der Waals surface area (Å²) < 4.78 is 70.6. The van der Waals surface area contributed by atoms with Gasteiger partial charge in [-0.15, -0.1) is 0 Å². The summed E-state index contributed by atoms with van der Waals surface area (Å²) in [4.78, 5) is -1.13. The van der Waals surface area contributed by atoms with Gasteiger partial charge in [0.05, 0.1) is 6.61 Å². The van der Waals surface area contributed by atoms with Gasteiger partial charge in [-0.2, -0.15) is 0 Å². The van der Waals surface area contributed by atoms with E-state index in [1.54, 1.807) is 0 Å². The first-order valence-electron chi connectivity index (χ1n) is 5.38. The number of hydrogen-bond acceptors (Lipinski definition) is 3. The molecule has 0 unspecified atom stereocenters. The van der Waals surface area contributed by atoms with Gasteiger partial charge in [-0.3, -0.25) is 0 Å². The maximum Gasteiger partial charge on any atom is 0.249 e. The van der Waals surface area contributed by atoms with Crippen LogP contribution in [0.15, 0.2) is 4.90 Å². The molecular formula is C11H14F3NO3S. The lowest BCUT2D eigenvalue weighted by Gasteiger charge is -2.18. The van der Waals surface area contributed by atoms with Crippen molar-refractivity contribution < 1.29 is 26.3 Å². The molecule has 1 aromatic carbocycles. The molecule has 0 atom stereocenters. The normalized spacial score (nSPS) is 12.0. The van der Waals surface area contributed by atoms with E-state index in [9.17, 15) is 21.6 Å². The van der Waals surface area contributed by atoms with Crippen LogP contribution in [0.1, 0.15) is 12.5 Å². The lowest BCUT2D eigenvalue weighted by molar-refractivity contribution is 0.300. The molecule has 0 aliphatic heterocycles. The van der Waals surface area contributed by atoms with Gasteiger partial charge in [0.1, 0.15) is 0 Å². The molecule has 0 aliphatic carbocycles. The summed E-state index contributed by atoms with van der Waals surface area (Å²) in [5.74, 6) is -5.20. The second-order valence-electron chi connectivity index (χ2n) is 3.95. The van der Waals surface area contributed by atoms with Crippen molar-refractivity contribution in [3.63, 3.8) is 0 Å². The SMILES string of the molecule is CCOc1c(F)c(C)c(F)c(F)c1S(=O)(=O)N(C)C. The average molecular weight is 297 g/mol. The molecular weight excluding hydrogens is 283 g/mol. The number of ether oxygens (including phenoxy) is 1. The van der Waals surface area contributed by atoms with Crippen LogP contribution in [0.2, 0.25) is 0 Å². The summed E-state index contributed by atoms with van der Waals surface area (Å²) >= 11 is 0. The predicted molar refractivity (Wildman–Crippen MR) is 63.1 cm³/mol. The minimum atomic E-state index is -4.37. The largest absolute Gasteiger partial charge is 0.489 e. The number of halogens is 3. The Kier molecular flexibility index (Phi) is 4.46. The number of nitrogens with zero attached hydrogens (tertiary/aromatic N) is 1. The van der Waals surface area contributed by atoms with E-state index in [0.29, 0.717) is 4.31 Å². The molecule has 108 valence electrons. The highest BCUT2D eigenvalue weighted by molar-refractivity contribution is 7.89. The fraction of sp³-hybridized carbons (Fsp3) is 0.455. The summed E-state index contributed by atoms with van der Waals surface area (Å²) in [5.41, 5.74) is -0.626. The zero-order chi connectivity index (χ0) is 15.0. The van der Waals surface area contributed by atoms with Crippen LogP contribution in [-0.4, -0.2) is 33.4 Å². The lowest BCUT2D eigenvalue weighted by Crippen LogP contribution is -2.25. The molecule has 0 heterocycles. The van der Waals surface area contributed by atoms with E-state index < -0.39 is 43.7 Å². The minimum Gasteiger partial charge on any atom is -0.489 e. The summed E-state index contributed by atoms with van der Waals surface area (Å²) in [6.45, 7) is 2.39. The summed E-state index contributed by atoms with van der Waals surface area (Å²) in [6, 6.07) is 0. The maximum absolute atomic E-state index is 13.9. The Morgan fingerprint density at radius 1 is 1.11 bits per heavy atom. The predicted octanol–water partition coefficient (Wildman–Crippen LogP) is 2.06. The van der Waals surface area contributed by atoms with Crippen LogP contribution in [0.25, 0.3) is 0 Å². The fourth-order valence-corrected chi connectivity index (χ4v) is 2.48. The van der Waals surface area contributed by atoms with Crippen molar-refractivity contribution in [1.82, 2.24) is 4.31 Å². The molecule has 0 radical (unpaired) electrons. The van der Waals surface area contributed by atoms with Gasteiger partial charge >= 0.3 is 0 Å². The van der Waals surface area contributed by atoms with E-state index in [2.05, 4.69) is 0 Å². The second kappa shape index (κ2) is 5.38. The molecule has 1 rings (SSSR count). The zero-order valence-corrected chi connectivity index (χ0v) is 11.7. The highest BCUT2D eigenvalue weighted by Crippen LogP contribution is 2.35. The molecule has 0 bridgehead atoms. The number of hydrogen-bond donors (Lipinski definition) is 0. The van der Waals surface area contributed by atoms with E-state index in [1.807, 2.05) is 0 Å². The van der Waals surface area contributed by atoms with Crippen molar-refractivity contribution in [3.05, 3.63) is 23.0 Å². The van der Waals surface area contributed by atoms with Crippen LogP contribution >= 0.6 is 0 Å². The lowest BCUT2D eigenvalue weighted by atomic mass is 10.2. The van der Waals surface area contributed by atoms with Gasteiger partial charge in [-0.1, -0.05) is 0 Å². The van der Waals surface area contributed by atoms with E-state index in [-0.39, 0.29) is 6.61 Å². The third-order valence-electron chi connectivity index (χ3n) is 2.48. The van der Waals surface area contributed by atoms with Crippen molar-refractivity contribution in [3.8, 4) is 5.75 Å². The monoisotopic (exact) mass is 297 g/mol. The van der Waals surface area contributed by atoms with Gasteiger partial charge in [0, 0.05) is 19.7 Å². The van der Waals surface area contributed by atoms with Crippen molar-refractivity contribution in [2.45, 2.75) is 18.7 Å². The topological polar surface area (TPSA) is 46.6 Å². The van der Waals surface area contributed by atoms with Gasteiger partial charge in [0.2, 0.25) is 10.0 Å². The Morgan fingerprint density at radius 3 is 2.05 bits per heavy atom. The standard InChI is InChI=1S/C11H14F3NO3S/c1-5-18-10-8(13)6(2)7(12)9(14)11(10)19(16,17)15(3)4/h5H2,1-4H3. The Balaban J connectivity index is 3.81. The Hall–Kier alpha value is -1.28. The first kappa shape index (κ1) is 15.8. The molecule has 0 aliphatic rings. The molecule has 4 nitrogen and oxygen atoms in total. The molecule has 1 aromatic rings. The smallest absolute Gasteiger partial charge is 0.249 e. The molecule has 19 heavy (non-hydrogen) atoms. The van der Waals surface area contributed by atoms with Crippen molar-refractivity contribution >= 4 is 10.0 Å². The van der Waals surface area contributed by atoms with Crippen LogP contribution < -0.4 is 4.74 Å².